The van der Waals surface area contributed by atoms with Crippen molar-refractivity contribution in [2.75, 3.05) is 0 Å². The van der Waals surface area contributed by atoms with E-state index in [4.69, 9.17) is 8.85 Å². The molecule has 0 rings (SSSR count). The van der Waals surface area contributed by atoms with Gasteiger partial charge in [-0.25, -0.2) is 9.59 Å². The maximum absolute atomic E-state index is 11.6. The normalized spacial score (nSPS) is 13.2. The first kappa shape index (κ1) is 16.1. The summed E-state index contributed by atoms with van der Waals surface area (Å²) in [4.78, 5) is 23.1. The summed E-state index contributed by atoms with van der Waals surface area (Å²) in [6, 6.07) is 0. The van der Waals surface area contributed by atoms with E-state index in [0.717, 1.165) is 0 Å². The zero-order valence-electron chi connectivity index (χ0n) is 11.7. The van der Waals surface area contributed by atoms with Crippen LogP contribution in [0.5, 0.6) is 0 Å². The second-order valence-corrected chi connectivity index (χ2v) is 14.7. The molecule has 0 saturated carbocycles. The molecule has 0 aliphatic rings. The Hall–Kier alpha value is -0.886. The zero-order chi connectivity index (χ0) is 13.9. The lowest BCUT2D eigenvalue weighted by molar-refractivity contribution is -0.133. The van der Waals surface area contributed by atoms with Crippen LogP contribution in [0, 0.1) is 0 Å². The number of carbonyl (C=O) groups is 2. The molecular weight excluding hydrogens is 252 g/mol. The lowest BCUT2D eigenvalue weighted by atomic mass is 10.3. The molecule has 0 aliphatic carbocycles. The maximum Gasteiger partial charge on any atom is 0.320 e. The van der Waals surface area contributed by atoms with Crippen LogP contribution in [0.4, 0.5) is 0 Å². The van der Waals surface area contributed by atoms with Crippen molar-refractivity contribution in [3.63, 3.8) is 0 Å². The Morgan fingerprint density at radius 2 is 1.29 bits per heavy atom. The van der Waals surface area contributed by atoms with Crippen molar-refractivity contribution in [3.05, 3.63) is 11.6 Å². The van der Waals surface area contributed by atoms with Crippen molar-refractivity contribution in [1.82, 2.24) is 0 Å². The summed E-state index contributed by atoms with van der Waals surface area (Å²) >= 11 is 0. The summed E-state index contributed by atoms with van der Waals surface area (Å²) in [7, 11) is -3.82. The second kappa shape index (κ2) is 5.64. The fraction of sp³-hybridized carbons (Fsp3) is 0.636. The van der Waals surface area contributed by atoms with E-state index in [1.807, 2.05) is 39.3 Å². The van der Waals surface area contributed by atoms with Crippen LogP contribution in [0.2, 0.25) is 39.3 Å². The lowest BCUT2D eigenvalue weighted by Crippen LogP contribution is -2.31. The fourth-order valence-electron chi connectivity index (χ4n) is 0.926. The lowest BCUT2D eigenvalue weighted by Gasteiger charge is -2.18. The van der Waals surface area contributed by atoms with Gasteiger partial charge in [0, 0.05) is 11.6 Å². The van der Waals surface area contributed by atoms with E-state index in [0.29, 0.717) is 0 Å². The molecule has 0 aromatic carbocycles. The van der Waals surface area contributed by atoms with Gasteiger partial charge in [0.15, 0.2) is 0 Å². The summed E-state index contributed by atoms with van der Waals surface area (Å²) in [5, 5.41) is 0. The van der Waals surface area contributed by atoms with Gasteiger partial charge in [-0.05, 0) is 46.2 Å². The molecule has 98 valence electrons. The summed E-state index contributed by atoms with van der Waals surface area (Å²) in [6.45, 7) is 13.0. The van der Waals surface area contributed by atoms with Gasteiger partial charge in [-0.1, -0.05) is 0 Å². The molecule has 0 aromatic heterocycles. The van der Waals surface area contributed by atoms with Gasteiger partial charge in [-0.15, -0.1) is 0 Å². The van der Waals surface area contributed by atoms with Crippen LogP contribution in [-0.2, 0) is 18.4 Å². The van der Waals surface area contributed by atoms with Crippen LogP contribution in [0.25, 0.3) is 0 Å². The molecule has 0 spiro atoms. The van der Waals surface area contributed by atoms with E-state index >= 15 is 0 Å². The van der Waals surface area contributed by atoms with Crippen LogP contribution in [0.3, 0.4) is 0 Å². The van der Waals surface area contributed by atoms with E-state index in [9.17, 15) is 9.59 Å². The minimum absolute atomic E-state index is 0.288. The third kappa shape index (κ3) is 8.87. The average Bonchev–Trinajstić information content (AvgIpc) is 1.95. The third-order valence-electron chi connectivity index (χ3n) is 1.46. The third-order valence-corrected chi connectivity index (χ3v) is 3.07. The molecule has 0 amide bonds. The molecule has 17 heavy (non-hydrogen) atoms. The van der Waals surface area contributed by atoms with Gasteiger partial charge in [0.05, 0.1) is 0 Å². The molecule has 0 unspecified atom stereocenters. The van der Waals surface area contributed by atoms with Gasteiger partial charge < -0.3 is 8.85 Å². The Morgan fingerprint density at radius 1 is 0.882 bits per heavy atom. The van der Waals surface area contributed by atoms with Crippen LogP contribution >= 0.6 is 0 Å². The predicted octanol–water partition coefficient (Wildman–Crippen LogP) is 2.69. The molecule has 0 saturated heterocycles. The first-order valence-corrected chi connectivity index (χ1v) is 12.4. The molecule has 0 aliphatic heterocycles. The summed E-state index contributed by atoms with van der Waals surface area (Å²) < 4.78 is 10.5. The average molecular weight is 274 g/mol. The van der Waals surface area contributed by atoms with Crippen molar-refractivity contribution in [2.24, 2.45) is 0 Å². The highest BCUT2D eigenvalue weighted by atomic mass is 28.4. The second-order valence-electron chi connectivity index (χ2n) is 5.86. The zero-order valence-corrected chi connectivity index (χ0v) is 13.7. The SMILES string of the molecule is CC(=CC(=O)O[Si](C)(C)C)C(=O)O[Si](C)(C)C. The molecule has 0 fully saturated rings. The predicted molar refractivity (Wildman–Crippen MR) is 72.6 cm³/mol. The van der Waals surface area contributed by atoms with E-state index in [-0.39, 0.29) is 5.57 Å². The number of rotatable bonds is 4. The minimum atomic E-state index is -1.91. The Labute approximate surface area is 105 Å². The smallest absolute Gasteiger partial charge is 0.320 e. The van der Waals surface area contributed by atoms with E-state index in [1.165, 1.54) is 6.08 Å². The van der Waals surface area contributed by atoms with Gasteiger partial charge in [-0.3, -0.25) is 0 Å². The quantitative estimate of drug-likeness (QED) is 0.584. The summed E-state index contributed by atoms with van der Waals surface area (Å²) in [6.07, 6.45) is 1.21. The molecule has 0 heterocycles. The molecule has 0 N–H and O–H groups in total. The molecule has 6 heteroatoms. The highest BCUT2D eigenvalue weighted by molar-refractivity contribution is 6.71. The number of carbonyl (C=O) groups excluding carboxylic acids is 2. The van der Waals surface area contributed by atoms with E-state index < -0.39 is 28.6 Å². The Kier molecular flexibility index (Phi) is 5.34. The van der Waals surface area contributed by atoms with E-state index in [1.54, 1.807) is 6.92 Å². The molecule has 0 aromatic rings. The molecular formula is C11H22O4Si2. The molecule has 0 atom stereocenters. The molecule has 4 nitrogen and oxygen atoms in total. The van der Waals surface area contributed by atoms with Gasteiger partial charge in [0.2, 0.25) is 16.6 Å². The highest BCUT2D eigenvalue weighted by Gasteiger charge is 2.22. The summed E-state index contributed by atoms with van der Waals surface area (Å²) in [5.41, 5.74) is 0.288. The molecule has 0 radical (unpaired) electrons. The van der Waals surface area contributed by atoms with Gasteiger partial charge in [0.1, 0.15) is 0 Å². The maximum atomic E-state index is 11.6. The van der Waals surface area contributed by atoms with Crippen molar-refractivity contribution in [1.29, 1.82) is 0 Å². The Bertz CT molecular complexity index is 334. The van der Waals surface area contributed by atoms with Gasteiger partial charge in [-0.2, -0.15) is 0 Å². The van der Waals surface area contributed by atoms with Crippen molar-refractivity contribution >= 4 is 28.6 Å². The number of hydrogen-bond donors (Lipinski definition) is 0. The van der Waals surface area contributed by atoms with E-state index in [2.05, 4.69) is 0 Å². The van der Waals surface area contributed by atoms with Gasteiger partial charge >= 0.3 is 11.9 Å². The first-order chi connectivity index (χ1) is 7.41. The van der Waals surface area contributed by atoms with Crippen LogP contribution in [-0.4, -0.2) is 28.6 Å². The Morgan fingerprint density at radius 3 is 1.65 bits per heavy atom. The standard InChI is InChI=1S/C11H22O4Si2/c1-9(11(13)15-17(5,6)7)8-10(12)14-16(2,3)4/h8H,1-7H3. The Balaban J connectivity index is 4.55. The van der Waals surface area contributed by atoms with Crippen LogP contribution in [0.1, 0.15) is 6.92 Å². The van der Waals surface area contributed by atoms with Crippen molar-refractivity contribution in [3.8, 4) is 0 Å². The van der Waals surface area contributed by atoms with Crippen LogP contribution < -0.4 is 0 Å². The fourth-order valence-corrected chi connectivity index (χ4v) is 2.31. The van der Waals surface area contributed by atoms with Crippen molar-refractivity contribution < 1.29 is 18.4 Å². The van der Waals surface area contributed by atoms with Gasteiger partial charge in [0.25, 0.3) is 0 Å². The monoisotopic (exact) mass is 274 g/mol. The topological polar surface area (TPSA) is 52.6 Å². The first-order valence-electron chi connectivity index (χ1n) is 5.55. The minimum Gasteiger partial charge on any atom is -0.517 e. The van der Waals surface area contributed by atoms with Crippen LogP contribution in [0.15, 0.2) is 11.6 Å². The van der Waals surface area contributed by atoms with Crippen molar-refractivity contribution in [2.45, 2.75) is 46.2 Å². The number of hydrogen-bond acceptors (Lipinski definition) is 4. The summed E-state index contributed by atoms with van der Waals surface area (Å²) in [5.74, 6) is -0.897. The molecule has 0 bridgehead atoms. The highest BCUT2D eigenvalue weighted by Crippen LogP contribution is 2.09. The largest absolute Gasteiger partial charge is 0.517 e.